The lowest BCUT2D eigenvalue weighted by Crippen LogP contribution is -2.29. The first-order valence-electron chi connectivity index (χ1n) is 7.97. The molecular weight excluding hydrogens is 268 g/mol. The number of hydrogen-bond acceptors (Lipinski definition) is 4. The molecule has 4 heteroatoms. The van der Waals surface area contributed by atoms with E-state index >= 15 is 0 Å². The lowest BCUT2D eigenvalue weighted by molar-refractivity contribution is 0.0972. The first kappa shape index (κ1) is 12.7. The van der Waals surface area contributed by atoms with Gasteiger partial charge in [-0.3, -0.25) is 4.79 Å². The summed E-state index contributed by atoms with van der Waals surface area (Å²) in [5.74, 6) is 1.22. The van der Waals surface area contributed by atoms with Crippen molar-refractivity contribution in [3.8, 4) is 0 Å². The van der Waals surface area contributed by atoms with E-state index in [1.807, 2.05) is 0 Å². The zero-order chi connectivity index (χ0) is 13.7. The molecule has 0 radical (unpaired) electrons. The molecule has 1 aromatic heterocycles. The van der Waals surface area contributed by atoms with E-state index in [1.54, 1.807) is 11.3 Å². The Hall–Kier alpha value is -1.03. The van der Waals surface area contributed by atoms with Crippen molar-refractivity contribution in [1.29, 1.82) is 0 Å². The van der Waals surface area contributed by atoms with Gasteiger partial charge in [-0.1, -0.05) is 0 Å². The lowest BCUT2D eigenvalue weighted by atomic mass is 10.1. The molecule has 2 saturated carbocycles. The van der Waals surface area contributed by atoms with Crippen LogP contribution in [0.25, 0.3) is 0 Å². The summed E-state index contributed by atoms with van der Waals surface area (Å²) in [6, 6.07) is 0. The van der Waals surface area contributed by atoms with E-state index in [9.17, 15) is 4.79 Å². The highest BCUT2D eigenvalue weighted by molar-refractivity contribution is 7.19. The number of nitrogen functional groups attached to an aromatic ring is 1. The molecule has 4 rings (SSSR count). The molecule has 108 valence electrons. The summed E-state index contributed by atoms with van der Waals surface area (Å²) in [6.45, 7) is 2.27. The van der Waals surface area contributed by atoms with Crippen molar-refractivity contribution in [2.75, 3.05) is 23.7 Å². The molecule has 2 N–H and O–H groups in total. The number of carbonyl (C=O) groups is 1. The second-order valence-electron chi connectivity index (χ2n) is 6.52. The number of hydrogen-bond donors (Lipinski definition) is 1. The Labute approximate surface area is 124 Å². The van der Waals surface area contributed by atoms with Gasteiger partial charge in [0.25, 0.3) is 0 Å². The molecule has 1 saturated heterocycles. The quantitative estimate of drug-likeness (QED) is 0.858. The topological polar surface area (TPSA) is 46.3 Å². The van der Waals surface area contributed by atoms with Gasteiger partial charge < -0.3 is 10.6 Å². The number of nitrogens with two attached hydrogens (primary N) is 1. The van der Waals surface area contributed by atoms with Gasteiger partial charge in [0, 0.05) is 24.6 Å². The first-order chi connectivity index (χ1) is 9.75. The van der Waals surface area contributed by atoms with E-state index in [0.29, 0.717) is 11.7 Å². The van der Waals surface area contributed by atoms with Gasteiger partial charge in [0.1, 0.15) is 0 Å². The number of piperidine rings is 1. The van der Waals surface area contributed by atoms with Gasteiger partial charge in [0.15, 0.2) is 5.78 Å². The highest BCUT2D eigenvalue weighted by Gasteiger charge is 2.38. The normalized spacial score (nSPS) is 23.1. The molecule has 0 aromatic carbocycles. The van der Waals surface area contributed by atoms with Gasteiger partial charge in [0.05, 0.1) is 15.6 Å². The monoisotopic (exact) mass is 290 g/mol. The fraction of sp³-hybridized carbons (Fsp3) is 0.688. The summed E-state index contributed by atoms with van der Waals surface area (Å²) in [6.07, 6.45) is 8.51. The van der Waals surface area contributed by atoms with Crippen LogP contribution in [-0.4, -0.2) is 18.9 Å². The zero-order valence-corrected chi connectivity index (χ0v) is 12.7. The van der Waals surface area contributed by atoms with Gasteiger partial charge in [-0.05, 0) is 50.9 Å². The summed E-state index contributed by atoms with van der Waals surface area (Å²) in [4.78, 5) is 15.8. The van der Waals surface area contributed by atoms with Crippen molar-refractivity contribution in [3.63, 3.8) is 0 Å². The van der Waals surface area contributed by atoms with Gasteiger partial charge in [-0.2, -0.15) is 0 Å². The number of Topliss-reactive ketones (excluding diaryl/α,β-unsaturated/α-hetero) is 1. The molecule has 3 aliphatic rings. The Kier molecular flexibility index (Phi) is 3.02. The van der Waals surface area contributed by atoms with Gasteiger partial charge >= 0.3 is 0 Å². The smallest absolute Gasteiger partial charge is 0.178 e. The summed E-state index contributed by atoms with van der Waals surface area (Å²) >= 11 is 1.69. The molecule has 20 heavy (non-hydrogen) atoms. The Morgan fingerprint density at radius 3 is 2.40 bits per heavy atom. The van der Waals surface area contributed by atoms with Crippen LogP contribution in [0.3, 0.4) is 0 Å². The van der Waals surface area contributed by atoms with Crippen molar-refractivity contribution in [1.82, 2.24) is 0 Å². The third-order valence-corrected chi connectivity index (χ3v) is 6.06. The van der Waals surface area contributed by atoms with E-state index in [2.05, 4.69) is 4.90 Å². The van der Waals surface area contributed by atoms with Crippen LogP contribution < -0.4 is 10.6 Å². The molecule has 3 nitrogen and oxygen atoms in total. The van der Waals surface area contributed by atoms with Crippen molar-refractivity contribution >= 4 is 27.8 Å². The third-order valence-electron chi connectivity index (χ3n) is 4.76. The maximum Gasteiger partial charge on any atom is 0.178 e. The van der Waals surface area contributed by atoms with Crippen molar-refractivity contribution < 1.29 is 4.79 Å². The second kappa shape index (κ2) is 4.76. The molecule has 0 bridgehead atoms. The number of anilines is 2. The molecule has 1 aliphatic heterocycles. The number of thiophene rings is 1. The summed E-state index contributed by atoms with van der Waals surface area (Å²) < 4.78 is 0. The van der Waals surface area contributed by atoms with E-state index in [-0.39, 0.29) is 5.92 Å². The van der Waals surface area contributed by atoms with Crippen LogP contribution >= 0.6 is 11.3 Å². The molecule has 2 aliphatic carbocycles. The van der Waals surface area contributed by atoms with Gasteiger partial charge in [0.2, 0.25) is 0 Å². The zero-order valence-electron chi connectivity index (χ0n) is 11.9. The van der Waals surface area contributed by atoms with Gasteiger partial charge in [-0.25, -0.2) is 0 Å². The lowest BCUT2D eigenvalue weighted by Gasteiger charge is -2.28. The molecule has 0 amide bonds. The van der Waals surface area contributed by atoms with Crippen LogP contribution in [0.1, 0.15) is 66.1 Å². The molecule has 0 atom stereocenters. The molecule has 2 heterocycles. The predicted molar refractivity (Wildman–Crippen MR) is 83.8 cm³/mol. The van der Waals surface area contributed by atoms with E-state index in [1.165, 1.54) is 42.7 Å². The maximum atomic E-state index is 12.4. The Bertz CT molecular complexity index is 537. The highest BCUT2D eigenvalue weighted by Crippen LogP contribution is 2.53. The summed E-state index contributed by atoms with van der Waals surface area (Å²) in [5, 5.41) is 1.33. The highest BCUT2D eigenvalue weighted by atomic mass is 32.1. The predicted octanol–water partition coefficient (Wildman–Crippen LogP) is 3.79. The number of rotatable bonds is 4. The SMILES string of the molecule is Nc1c(C(=O)C2CC2)sc(N2CCCCC2)c1C1CC1. The fourth-order valence-electron chi connectivity index (χ4n) is 3.26. The Balaban J connectivity index is 1.72. The van der Waals surface area contributed by atoms with Crippen LogP contribution in [0.15, 0.2) is 0 Å². The summed E-state index contributed by atoms with van der Waals surface area (Å²) in [5.41, 5.74) is 8.53. The molecule has 0 spiro atoms. The Morgan fingerprint density at radius 2 is 1.80 bits per heavy atom. The van der Waals surface area contributed by atoms with E-state index in [4.69, 9.17) is 5.73 Å². The first-order valence-corrected chi connectivity index (χ1v) is 8.78. The largest absolute Gasteiger partial charge is 0.397 e. The summed E-state index contributed by atoms with van der Waals surface area (Å²) in [7, 11) is 0. The van der Waals surface area contributed by atoms with Crippen molar-refractivity contribution in [3.05, 3.63) is 10.4 Å². The molecule has 0 unspecified atom stereocenters. The minimum Gasteiger partial charge on any atom is -0.397 e. The standard InChI is InChI=1S/C16H22N2OS/c17-13-12(10-4-5-10)16(18-8-2-1-3-9-18)20-15(13)14(19)11-6-7-11/h10-11H,1-9,17H2. The van der Waals surface area contributed by atoms with Crippen LogP contribution in [-0.2, 0) is 0 Å². The third kappa shape index (κ3) is 2.14. The van der Waals surface area contributed by atoms with Gasteiger partial charge in [-0.15, -0.1) is 11.3 Å². The second-order valence-corrected chi connectivity index (χ2v) is 7.52. The minimum atomic E-state index is 0.275. The maximum absolute atomic E-state index is 12.4. The van der Waals surface area contributed by atoms with Crippen LogP contribution in [0.2, 0.25) is 0 Å². The fourth-order valence-corrected chi connectivity index (χ4v) is 4.64. The van der Waals surface area contributed by atoms with Crippen molar-refractivity contribution in [2.24, 2.45) is 5.92 Å². The minimum absolute atomic E-state index is 0.275. The van der Waals surface area contributed by atoms with Crippen LogP contribution in [0.5, 0.6) is 0 Å². The van der Waals surface area contributed by atoms with Crippen molar-refractivity contribution in [2.45, 2.75) is 50.9 Å². The van der Waals surface area contributed by atoms with Crippen LogP contribution in [0.4, 0.5) is 10.7 Å². The average Bonchev–Trinajstić information content (AvgIpc) is 3.37. The molecule has 3 fully saturated rings. The van der Waals surface area contributed by atoms with E-state index < -0.39 is 0 Å². The molecule has 1 aromatic rings. The number of nitrogens with zero attached hydrogens (tertiary/aromatic N) is 1. The number of carbonyl (C=O) groups excluding carboxylic acids is 1. The average molecular weight is 290 g/mol. The van der Waals surface area contributed by atoms with E-state index in [0.717, 1.165) is 36.5 Å². The Morgan fingerprint density at radius 1 is 1.10 bits per heavy atom. The number of ketones is 1. The van der Waals surface area contributed by atoms with Crippen LogP contribution in [0, 0.1) is 5.92 Å². The molecular formula is C16H22N2OS.